The standard InChI is InChI=1S/C13H15BrF2N2O3/c1-3-18(7(2)4-12(19)20)13(21)17-11-5-8(14)9(15)6-10(11)16/h5-7H,3-4H2,1-2H3,(H,17,21)(H,19,20). The van der Waals surface area contributed by atoms with Crippen molar-refractivity contribution in [3.8, 4) is 0 Å². The molecule has 0 heterocycles. The van der Waals surface area contributed by atoms with E-state index in [0.29, 0.717) is 6.07 Å². The Morgan fingerprint density at radius 2 is 2.00 bits per heavy atom. The predicted octanol–water partition coefficient (Wildman–Crippen LogP) is 3.44. The summed E-state index contributed by atoms with van der Waals surface area (Å²) in [7, 11) is 0. The van der Waals surface area contributed by atoms with Gasteiger partial charge in [0.25, 0.3) is 0 Å². The van der Waals surface area contributed by atoms with Gasteiger partial charge in [0, 0.05) is 18.7 Å². The number of anilines is 1. The lowest BCUT2D eigenvalue weighted by Crippen LogP contribution is -2.42. The Kier molecular flexibility index (Phi) is 6.07. The van der Waals surface area contributed by atoms with Crippen molar-refractivity contribution >= 4 is 33.6 Å². The van der Waals surface area contributed by atoms with Gasteiger partial charge in [-0.15, -0.1) is 0 Å². The van der Waals surface area contributed by atoms with Gasteiger partial charge in [-0.1, -0.05) is 0 Å². The molecule has 2 amide bonds. The SMILES string of the molecule is CCN(C(=O)Nc1cc(Br)c(F)cc1F)C(C)CC(=O)O. The third kappa shape index (κ3) is 4.66. The quantitative estimate of drug-likeness (QED) is 0.786. The van der Waals surface area contributed by atoms with Gasteiger partial charge in [-0.05, 0) is 35.8 Å². The van der Waals surface area contributed by atoms with E-state index >= 15 is 0 Å². The zero-order valence-electron chi connectivity index (χ0n) is 11.5. The van der Waals surface area contributed by atoms with E-state index in [1.54, 1.807) is 13.8 Å². The fourth-order valence-electron chi connectivity index (χ4n) is 1.82. The molecule has 1 unspecified atom stereocenters. The van der Waals surface area contributed by atoms with Crippen molar-refractivity contribution in [2.45, 2.75) is 26.3 Å². The van der Waals surface area contributed by atoms with Crippen molar-refractivity contribution in [3.05, 3.63) is 28.2 Å². The second kappa shape index (κ2) is 7.35. The van der Waals surface area contributed by atoms with Crippen LogP contribution in [0.5, 0.6) is 0 Å². The Morgan fingerprint density at radius 1 is 1.38 bits per heavy atom. The van der Waals surface area contributed by atoms with Gasteiger partial charge in [0.15, 0.2) is 0 Å². The van der Waals surface area contributed by atoms with Crippen molar-refractivity contribution < 1.29 is 23.5 Å². The minimum atomic E-state index is -1.04. The Hall–Kier alpha value is -1.70. The van der Waals surface area contributed by atoms with Crippen LogP contribution in [-0.2, 0) is 4.79 Å². The van der Waals surface area contributed by atoms with E-state index in [0.717, 1.165) is 6.07 Å². The molecule has 1 atom stereocenters. The van der Waals surface area contributed by atoms with Crippen LogP contribution in [0.3, 0.4) is 0 Å². The van der Waals surface area contributed by atoms with Crippen LogP contribution in [0.4, 0.5) is 19.3 Å². The number of carbonyl (C=O) groups excluding carboxylic acids is 1. The molecule has 0 aromatic heterocycles. The van der Waals surface area contributed by atoms with Gasteiger partial charge < -0.3 is 15.3 Å². The van der Waals surface area contributed by atoms with Gasteiger partial charge in [-0.3, -0.25) is 4.79 Å². The Morgan fingerprint density at radius 3 is 2.52 bits per heavy atom. The van der Waals surface area contributed by atoms with E-state index in [4.69, 9.17) is 5.11 Å². The number of carboxylic acid groups (broad SMARTS) is 1. The molecule has 2 N–H and O–H groups in total. The average molecular weight is 365 g/mol. The minimum Gasteiger partial charge on any atom is -0.481 e. The number of halogens is 3. The predicted molar refractivity (Wildman–Crippen MR) is 77.2 cm³/mol. The van der Waals surface area contributed by atoms with Crippen LogP contribution < -0.4 is 5.32 Å². The molecule has 0 aliphatic heterocycles. The van der Waals surface area contributed by atoms with Gasteiger partial charge in [0.2, 0.25) is 0 Å². The number of rotatable bonds is 5. The highest BCUT2D eigenvalue weighted by atomic mass is 79.9. The number of hydrogen-bond acceptors (Lipinski definition) is 2. The third-order valence-corrected chi connectivity index (χ3v) is 3.46. The normalized spacial score (nSPS) is 11.9. The molecule has 0 saturated carbocycles. The van der Waals surface area contributed by atoms with Crippen molar-refractivity contribution in [2.75, 3.05) is 11.9 Å². The molecule has 116 valence electrons. The first kappa shape index (κ1) is 17.4. The van der Waals surface area contributed by atoms with Crippen LogP contribution in [0.15, 0.2) is 16.6 Å². The summed E-state index contributed by atoms with van der Waals surface area (Å²) in [5.41, 5.74) is -0.186. The first-order chi connectivity index (χ1) is 9.76. The molecule has 21 heavy (non-hydrogen) atoms. The van der Waals surface area contributed by atoms with Crippen LogP contribution in [0.2, 0.25) is 0 Å². The van der Waals surface area contributed by atoms with Crippen LogP contribution in [0, 0.1) is 11.6 Å². The first-order valence-corrected chi connectivity index (χ1v) is 6.99. The van der Waals surface area contributed by atoms with E-state index < -0.39 is 29.7 Å². The molecule has 0 aliphatic rings. The molecule has 1 rings (SSSR count). The van der Waals surface area contributed by atoms with Gasteiger partial charge in [0.05, 0.1) is 16.6 Å². The Bertz CT molecular complexity index is 554. The fourth-order valence-corrected chi connectivity index (χ4v) is 2.17. The maximum absolute atomic E-state index is 13.6. The molecule has 1 aromatic rings. The van der Waals surface area contributed by atoms with Crippen molar-refractivity contribution in [1.82, 2.24) is 4.90 Å². The highest BCUT2D eigenvalue weighted by molar-refractivity contribution is 9.10. The van der Waals surface area contributed by atoms with Crippen LogP contribution in [0.1, 0.15) is 20.3 Å². The topological polar surface area (TPSA) is 69.6 Å². The monoisotopic (exact) mass is 364 g/mol. The summed E-state index contributed by atoms with van der Waals surface area (Å²) in [5, 5.41) is 11.1. The minimum absolute atomic E-state index is 0.0147. The number of urea groups is 1. The lowest BCUT2D eigenvalue weighted by atomic mass is 10.2. The first-order valence-electron chi connectivity index (χ1n) is 6.20. The van der Waals surface area contributed by atoms with Gasteiger partial charge in [-0.25, -0.2) is 13.6 Å². The van der Waals surface area contributed by atoms with Crippen LogP contribution in [-0.4, -0.2) is 34.6 Å². The maximum atomic E-state index is 13.6. The zero-order chi connectivity index (χ0) is 16.2. The number of amides is 2. The van der Waals surface area contributed by atoms with E-state index in [2.05, 4.69) is 21.2 Å². The van der Waals surface area contributed by atoms with Crippen LogP contribution in [0.25, 0.3) is 0 Å². The van der Waals surface area contributed by atoms with Crippen LogP contribution >= 0.6 is 15.9 Å². The summed E-state index contributed by atoms with van der Waals surface area (Å²) < 4.78 is 26.7. The Labute approximate surface area is 129 Å². The van der Waals surface area contributed by atoms with E-state index in [-0.39, 0.29) is 23.1 Å². The molecule has 5 nitrogen and oxygen atoms in total. The average Bonchev–Trinajstić information content (AvgIpc) is 2.35. The molecular formula is C13H15BrF2N2O3. The number of benzene rings is 1. The molecule has 8 heteroatoms. The smallest absolute Gasteiger partial charge is 0.322 e. The van der Waals surface area contributed by atoms with Crippen molar-refractivity contribution in [1.29, 1.82) is 0 Å². The summed E-state index contributed by atoms with van der Waals surface area (Å²) in [4.78, 5) is 24.0. The molecule has 0 bridgehead atoms. The number of hydrogen-bond donors (Lipinski definition) is 2. The zero-order valence-corrected chi connectivity index (χ0v) is 13.1. The molecular weight excluding hydrogens is 350 g/mol. The Balaban J connectivity index is 2.88. The second-order valence-corrected chi connectivity index (χ2v) is 5.26. The van der Waals surface area contributed by atoms with E-state index in [1.807, 2.05) is 0 Å². The highest BCUT2D eigenvalue weighted by Gasteiger charge is 2.22. The van der Waals surface area contributed by atoms with Gasteiger partial charge >= 0.3 is 12.0 Å². The number of aliphatic carboxylic acids is 1. The van der Waals surface area contributed by atoms with Gasteiger partial charge in [-0.2, -0.15) is 0 Å². The highest BCUT2D eigenvalue weighted by Crippen LogP contribution is 2.24. The molecule has 0 fully saturated rings. The molecule has 1 aromatic carbocycles. The number of carbonyl (C=O) groups is 2. The summed E-state index contributed by atoms with van der Waals surface area (Å²) in [6.07, 6.45) is -0.225. The molecule has 0 spiro atoms. The van der Waals surface area contributed by atoms with Crippen molar-refractivity contribution in [3.63, 3.8) is 0 Å². The lowest BCUT2D eigenvalue weighted by molar-refractivity contribution is -0.137. The third-order valence-electron chi connectivity index (χ3n) is 2.86. The largest absolute Gasteiger partial charge is 0.481 e. The number of nitrogens with zero attached hydrogens (tertiary/aromatic N) is 1. The summed E-state index contributed by atoms with van der Waals surface area (Å²) in [6.45, 7) is 3.51. The van der Waals surface area contributed by atoms with E-state index in [9.17, 15) is 18.4 Å². The maximum Gasteiger partial charge on any atom is 0.322 e. The molecule has 0 radical (unpaired) electrons. The molecule has 0 saturated heterocycles. The number of nitrogens with one attached hydrogen (secondary N) is 1. The summed E-state index contributed by atoms with van der Waals surface area (Å²) >= 11 is 2.90. The summed E-state index contributed by atoms with van der Waals surface area (Å²) in [5.74, 6) is -2.73. The van der Waals surface area contributed by atoms with E-state index in [1.165, 1.54) is 4.90 Å². The van der Waals surface area contributed by atoms with Gasteiger partial charge in [0.1, 0.15) is 11.6 Å². The molecule has 0 aliphatic carbocycles. The number of carboxylic acids is 1. The fraction of sp³-hybridized carbons (Fsp3) is 0.385. The van der Waals surface area contributed by atoms with Crippen molar-refractivity contribution in [2.24, 2.45) is 0 Å². The second-order valence-electron chi connectivity index (χ2n) is 4.41. The lowest BCUT2D eigenvalue weighted by Gasteiger charge is -2.27. The summed E-state index contributed by atoms with van der Waals surface area (Å²) in [6, 6.07) is 0.553.